The van der Waals surface area contributed by atoms with Gasteiger partial charge in [0.1, 0.15) is 18.1 Å². The molecule has 0 radical (unpaired) electrons. The van der Waals surface area contributed by atoms with Gasteiger partial charge in [-0.05, 0) is 20.3 Å². The van der Waals surface area contributed by atoms with Crippen LogP contribution in [0.15, 0.2) is 18.6 Å². The second-order valence-corrected chi connectivity index (χ2v) is 5.86. The van der Waals surface area contributed by atoms with E-state index in [0.717, 1.165) is 23.6 Å². The summed E-state index contributed by atoms with van der Waals surface area (Å²) < 4.78 is 7.39. The van der Waals surface area contributed by atoms with Crippen LogP contribution < -0.4 is 0 Å². The molecule has 1 fully saturated rings. The molecule has 0 bridgehead atoms. The molecular formula is C16H21N5O2. The van der Waals surface area contributed by atoms with Crippen molar-refractivity contribution in [1.29, 1.82) is 0 Å². The predicted molar refractivity (Wildman–Crippen MR) is 84.0 cm³/mol. The highest BCUT2D eigenvalue weighted by Gasteiger charge is 2.30. The maximum Gasteiger partial charge on any atom is 0.274 e. The lowest BCUT2D eigenvalue weighted by atomic mass is 10.2. The van der Waals surface area contributed by atoms with Crippen LogP contribution in [0.1, 0.15) is 40.2 Å². The van der Waals surface area contributed by atoms with Crippen molar-refractivity contribution in [2.24, 2.45) is 0 Å². The first-order valence-electron chi connectivity index (χ1n) is 7.69. The first-order chi connectivity index (χ1) is 11.1. The number of methoxy groups -OCH3 is 1. The predicted octanol–water partition coefficient (Wildman–Crippen LogP) is 1.52. The van der Waals surface area contributed by atoms with E-state index in [1.54, 1.807) is 19.5 Å². The van der Waals surface area contributed by atoms with Crippen molar-refractivity contribution in [2.75, 3.05) is 20.2 Å². The highest BCUT2D eigenvalue weighted by Crippen LogP contribution is 2.26. The summed E-state index contributed by atoms with van der Waals surface area (Å²) >= 11 is 0. The van der Waals surface area contributed by atoms with Gasteiger partial charge in [-0.15, -0.1) is 0 Å². The Morgan fingerprint density at radius 1 is 1.26 bits per heavy atom. The average Bonchev–Trinajstić information content (AvgIpc) is 3.15. The van der Waals surface area contributed by atoms with Gasteiger partial charge in [0.15, 0.2) is 0 Å². The molecule has 0 aromatic carbocycles. The van der Waals surface area contributed by atoms with Gasteiger partial charge in [-0.25, -0.2) is 9.97 Å². The van der Waals surface area contributed by atoms with Gasteiger partial charge >= 0.3 is 0 Å². The summed E-state index contributed by atoms with van der Waals surface area (Å²) in [5, 5.41) is 0. The molecule has 1 amide bonds. The molecule has 0 spiro atoms. The first-order valence-corrected chi connectivity index (χ1v) is 7.69. The molecule has 7 heteroatoms. The minimum Gasteiger partial charge on any atom is -0.377 e. The van der Waals surface area contributed by atoms with E-state index < -0.39 is 0 Å². The number of ether oxygens (including phenoxy) is 1. The zero-order valence-electron chi connectivity index (χ0n) is 13.7. The molecule has 1 aliphatic rings. The molecule has 1 atom stereocenters. The van der Waals surface area contributed by atoms with Gasteiger partial charge in [-0.3, -0.25) is 9.78 Å². The summed E-state index contributed by atoms with van der Waals surface area (Å²) in [4.78, 5) is 27.1. The highest BCUT2D eigenvalue weighted by molar-refractivity contribution is 5.92. The van der Waals surface area contributed by atoms with Gasteiger partial charge < -0.3 is 14.2 Å². The molecular weight excluding hydrogens is 294 g/mol. The number of amides is 1. The highest BCUT2D eigenvalue weighted by atomic mass is 16.5. The molecule has 3 rings (SSSR count). The van der Waals surface area contributed by atoms with E-state index in [-0.39, 0.29) is 11.9 Å². The van der Waals surface area contributed by atoms with Crippen molar-refractivity contribution in [2.45, 2.75) is 32.9 Å². The van der Waals surface area contributed by atoms with Crippen LogP contribution in [0.25, 0.3) is 0 Å². The first kappa shape index (κ1) is 15.6. The number of aryl methyl sites for hydroxylation is 2. The van der Waals surface area contributed by atoms with E-state index in [1.165, 1.54) is 0 Å². The van der Waals surface area contributed by atoms with E-state index >= 15 is 0 Å². The summed E-state index contributed by atoms with van der Waals surface area (Å²) in [7, 11) is 1.66. The van der Waals surface area contributed by atoms with Crippen LogP contribution in [0, 0.1) is 13.8 Å². The van der Waals surface area contributed by atoms with Crippen LogP contribution in [0.4, 0.5) is 0 Å². The minimum atomic E-state index is -0.0638. The largest absolute Gasteiger partial charge is 0.377 e. The van der Waals surface area contributed by atoms with Crippen LogP contribution in [-0.2, 0) is 11.3 Å². The zero-order valence-corrected chi connectivity index (χ0v) is 13.7. The molecule has 1 unspecified atom stereocenters. The van der Waals surface area contributed by atoms with Gasteiger partial charge in [0.25, 0.3) is 5.91 Å². The summed E-state index contributed by atoms with van der Waals surface area (Å²) in [5.74, 6) is 0.838. The third kappa shape index (κ3) is 3.10. The van der Waals surface area contributed by atoms with Gasteiger partial charge in [-0.1, -0.05) is 0 Å². The van der Waals surface area contributed by atoms with Gasteiger partial charge in [0, 0.05) is 38.3 Å². The molecule has 122 valence electrons. The molecule has 2 aromatic heterocycles. The van der Waals surface area contributed by atoms with Crippen LogP contribution in [-0.4, -0.2) is 50.5 Å². The van der Waals surface area contributed by atoms with Crippen molar-refractivity contribution in [1.82, 2.24) is 24.4 Å². The third-order valence-corrected chi connectivity index (χ3v) is 4.15. The summed E-state index contributed by atoms with van der Waals surface area (Å²) in [6.45, 7) is 5.72. The van der Waals surface area contributed by atoms with Crippen molar-refractivity contribution in [3.8, 4) is 0 Å². The lowest BCUT2D eigenvalue weighted by Gasteiger charge is -2.19. The number of rotatable bonds is 4. The van der Waals surface area contributed by atoms with E-state index in [4.69, 9.17) is 4.74 Å². The number of carbonyl (C=O) groups is 1. The normalized spacial score (nSPS) is 17.7. The van der Waals surface area contributed by atoms with E-state index in [2.05, 4.69) is 19.5 Å². The van der Waals surface area contributed by atoms with Gasteiger partial charge in [0.2, 0.25) is 0 Å². The smallest absolute Gasteiger partial charge is 0.274 e. The Morgan fingerprint density at radius 2 is 2.09 bits per heavy atom. The molecule has 0 aliphatic carbocycles. The Balaban J connectivity index is 1.75. The number of likely N-dealkylation sites (tertiary alicyclic amines) is 1. The molecule has 1 saturated heterocycles. The van der Waals surface area contributed by atoms with E-state index in [9.17, 15) is 4.79 Å². The van der Waals surface area contributed by atoms with E-state index in [0.29, 0.717) is 25.4 Å². The molecule has 0 saturated carbocycles. The maximum atomic E-state index is 12.5. The number of carbonyl (C=O) groups excluding carboxylic acids is 1. The second kappa shape index (κ2) is 6.45. The standard InChI is InChI=1S/C16H21N5O2/c1-11-6-18-14(8-17-11)16(22)20-5-4-13(9-20)21-12(2)7-19-15(21)10-23-3/h6-8,13H,4-5,9-10H2,1-3H3. The summed E-state index contributed by atoms with van der Waals surface area (Å²) in [5.41, 5.74) is 2.29. The Bertz CT molecular complexity index is 695. The topological polar surface area (TPSA) is 73.1 Å². The fourth-order valence-electron chi connectivity index (χ4n) is 3.03. The summed E-state index contributed by atoms with van der Waals surface area (Å²) in [6, 6.07) is 0.227. The average molecular weight is 315 g/mol. The second-order valence-electron chi connectivity index (χ2n) is 5.86. The van der Waals surface area contributed by atoms with Gasteiger partial charge in [-0.2, -0.15) is 0 Å². The number of imidazole rings is 1. The molecule has 1 aliphatic heterocycles. The van der Waals surface area contributed by atoms with Crippen LogP contribution in [0.5, 0.6) is 0 Å². The number of hydrogen-bond donors (Lipinski definition) is 0. The zero-order chi connectivity index (χ0) is 16.4. The number of hydrogen-bond acceptors (Lipinski definition) is 5. The SMILES string of the molecule is COCc1ncc(C)n1C1CCN(C(=O)c2cnc(C)cn2)C1. The molecule has 2 aromatic rings. The van der Waals surface area contributed by atoms with Crippen LogP contribution in [0.3, 0.4) is 0 Å². The molecule has 0 N–H and O–H groups in total. The number of aromatic nitrogens is 4. The fraction of sp³-hybridized carbons (Fsp3) is 0.500. The lowest BCUT2D eigenvalue weighted by molar-refractivity contribution is 0.0780. The summed E-state index contributed by atoms with van der Waals surface area (Å²) in [6.07, 6.45) is 5.92. The monoisotopic (exact) mass is 315 g/mol. The minimum absolute atomic E-state index is 0.0638. The van der Waals surface area contributed by atoms with Crippen molar-refractivity contribution < 1.29 is 9.53 Å². The molecule has 23 heavy (non-hydrogen) atoms. The van der Waals surface area contributed by atoms with Crippen molar-refractivity contribution in [3.05, 3.63) is 41.5 Å². The Morgan fingerprint density at radius 3 is 2.78 bits per heavy atom. The number of nitrogens with zero attached hydrogens (tertiary/aromatic N) is 5. The molecule has 7 nitrogen and oxygen atoms in total. The van der Waals surface area contributed by atoms with Crippen molar-refractivity contribution >= 4 is 5.91 Å². The fourth-order valence-corrected chi connectivity index (χ4v) is 3.03. The molecule has 3 heterocycles. The van der Waals surface area contributed by atoms with Gasteiger partial charge in [0.05, 0.1) is 17.9 Å². The Labute approximate surface area is 135 Å². The van der Waals surface area contributed by atoms with Crippen LogP contribution in [0.2, 0.25) is 0 Å². The lowest BCUT2D eigenvalue weighted by Crippen LogP contribution is -2.30. The quantitative estimate of drug-likeness (QED) is 0.855. The Hall–Kier alpha value is -2.28. The van der Waals surface area contributed by atoms with Crippen molar-refractivity contribution in [3.63, 3.8) is 0 Å². The van der Waals surface area contributed by atoms with E-state index in [1.807, 2.05) is 24.9 Å². The maximum absolute atomic E-state index is 12.5. The van der Waals surface area contributed by atoms with Crippen LogP contribution >= 0.6 is 0 Å². The third-order valence-electron chi connectivity index (χ3n) is 4.15. The Kier molecular flexibility index (Phi) is 4.38.